The third-order valence-electron chi connectivity index (χ3n) is 7.25. The number of hydrogen-bond donors (Lipinski definition) is 2. The van der Waals surface area contributed by atoms with E-state index in [9.17, 15) is 18.9 Å². The van der Waals surface area contributed by atoms with Crippen LogP contribution in [-0.4, -0.2) is 46.8 Å². The van der Waals surface area contributed by atoms with Gasteiger partial charge < -0.3 is 19.3 Å². The molecule has 0 rings (SSSR count). The van der Waals surface area contributed by atoms with Crippen molar-refractivity contribution in [2.75, 3.05) is 13.2 Å². The number of carbonyl (C=O) groups is 3. The summed E-state index contributed by atoms with van der Waals surface area (Å²) in [6, 6.07) is 0. The van der Waals surface area contributed by atoms with Gasteiger partial charge in [0.25, 0.3) is 0 Å². The summed E-state index contributed by atoms with van der Waals surface area (Å²) >= 11 is 0. The van der Waals surface area contributed by atoms with Crippen LogP contribution in [-0.2, 0) is 32.9 Å². The van der Waals surface area contributed by atoms with Gasteiger partial charge in [-0.1, -0.05) is 130 Å². The van der Waals surface area contributed by atoms with Gasteiger partial charge in [0.1, 0.15) is 6.61 Å². The molecule has 0 aromatic heterocycles. The molecule has 0 spiro atoms. The normalized spacial score (nSPS) is 13.6. The molecule has 0 bridgehead atoms. The fourth-order valence-corrected chi connectivity index (χ4v) is 4.78. The van der Waals surface area contributed by atoms with Crippen molar-refractivity contribution in [1.29, 1.82) is 0 Å². The molecule has 0 aliphatic rings. The fraction of sp³-hybridized carbons (Fsp3) is 0.512. The predicted molar refractivity (Wildman–Crippen MR) is 216 cm³/mol. The van der Waals surface area contributed by atoms with Crippen LogP contribution in [0.15, 0.2) is 109 Å². The minimum absolute atomic E-state index is 0.0964. The zero-order chi connectivity index (χ0) is 39.1. The van der Waals surface area contributed by atoms with Crippen molar-refractivity contribution in [3.63, 3.8) is 0 Å². The van der Waals surface area contributed by atoms with E-state index in [0.717, 1.165) is 51.4 Å². The van der Waals surface area contributed by atoms with Gasteiger partial charge in [-0.05, 0) is 83.1 Å². The topological polar surface area (TPSA) is 136 Å². The zero-order valence-electron chi connectivity index (χ0n) is 32.1. The minimum Gasteiger partial charge on any atom is -0.462 e. The van der Waals surface area contributed by atoms with Crippen molar-refractivity contribution in [2.24, 2.45) is 0 Å². The minimum atomic E-state index is -4.84. The third-order valence-corrected chi connectivity index (χ3v) is 7.74. The summed E-state index contributed by atoms with van der Waals surface area (Å²) < 4.78 is 26.1. The number of esters is 2. The molecule has 0 aromatic rings. The lowest BCUT2D eigenvalue weighted by Gasteiger charge is -2.18. The number of phosphoric ester groups is 1. The van der Waals surface area contributed by atoms with Crippen LogP contribution in [0.25, 0.3) is 0 Å². The molecular weight excluding hydrogens is 691 g/mol. The van der Waals surface area contributed by atoms with E-state index in [-0.39, 0.29) is 31.5 Å². The van der Waals surface area contributed by atoms with Crippen molar-refractivity contribution in [2.45, 2.75) is 129 Å². The van der Waals surface area contributed by atoms with Crippen LogP contribution in [0.5, 0.6) is 0 Å². The molecule has 0 unspecified atom stereocenters. The van der Waals surface area contributed by atoms with Crippen LogP contribution >= 0.6 is 7.82 Å². The monoisotopic (exact) mass is 756 g/mol. The number of allylic oxidation sites excluding steroid dienone is 18. The molecule has 53 heavy (non-hydrogen) atoms. The number of carbonyl (C=O) groups excluding carboxylic acids is 3. The van der Waals surface area contributed by atoms with Gasteiger partial charge in [0.2, 0.25) is 0 Å². The van der Waals surface area contributed by atoms with Crippen LogP contribution in [0.3, 0.4) is 0 Å². The Hall–Kier alpha value is -3.62. The Morgan fingerprint density at radius 1 is 0.566 bits per heavy atom. The summed E-state index contributed by atoms with van der Waals surface area (Å²) in [4.78, 5) is 54.8. The molecule has 0 aliphatic carbocycles. The van der Waals surface area contributed by atoms with Gasteiger partial charge in [-0.15, -0.1) is 0 Å². The summed E-state index contributed by atoms with van der Waals surface area (Å²) in [5, 5.41) is 0. The van der Waals surface area contributed by atoms with Crippen molar-refractivity contribution < 1.29 is 42.7 Å². The maximum atomic E-state index is 12.4. The van der Waals surface area contributed by atoms with Gasteiger partial charge in [-0.2, -0.15) is 0 Å². The number of ketones is 1. The van der Waals surface area contributed by atoms with E-state index in [1.54, 1.807) is 12.2 Å². The molecule has 1 atom stereocenters. The highest BCUT2D eigenvalue weighted by atomic mass is 31.2. The first-order valence-corrected chi connectivity index (χ1v) is 20.7. The Labute approximate surface area is 319 Å². The molecule has 0 aromatic carbocycles. The molecule has 296 valence electrons. The van der Waals surface area contributed by atoms with Crippen molar-refractivity contribution in [3.8, 4) is 0 Å². The van der Waals surface area contributed by atoms with Crippen LogP contribution < -0.4 is 0 Å². The second-order valence-corrected chi connectivity index (χ2v) is 13.4. The largest absolute Gasteiger partial charge is 0.469 e. The van der Waals surface area contributed by atoms with Crippen molar-refractivity contribution in [1.82, 2.24) is 0 Å². The van der Waals surface area contributed by atoms with Gasteiger partial charge in [-0.25, -0.2) is 4.57 Å². The molecule has 0 amide bonds. The molecule has 0 saturated heterocycles. The average Bonchev–Trinajstić information content (AvgIpc) is 3.12. The Balaban J connectivity index is 4.30. The summed E-state index contributed by atoms with van der Waals surface area (Å²) in [5.74, 6) is -1.37. The van der Waals surface area contributed by atoms with Gasteiger partial charge >= 0.3 is 19.8 Å². The molecule has 0 saturated carbocycles. The van der Waals surface area contributed by atoms with Crippen LogP contribution in [0, 0.1) is 0 Å². The van der Waals surface area contributed by atoms with E-state index < -0.39 is 39.1 Å². The lowest BCUT2D eigenvalue weighted by atomic mass is 10.1. The third kappa shape index (κ3) is 39.4. The Bertz CT molecular complexity index is 1280. The van der Waals surface area contributed by atoms with Crippen LogP contribution in [0.1, 0.15) is 123 Å². The zero-order valence-corrected chi connectivity index (χ0v) is 33.0. The summed E-state index contributed by atoms with van der Waals surface area (Å²) in [6.45, 7) is 3.26. The van der Waals surface area contributed by atoms with E-state index in [1.807, 2.05) is 18.2 Å². The predicted octanol–water partition coefficient (Wildman–Crippen LogP) is 10.8. The second kappa shape index (κ2) is 36.7. The Morgan fingerprint density at radius 2 is 1.08 bits per heavy atom. The van der Waals surface area contributed by atoms with E-state index in [2.05, 4.69) is 91.3 Å². The van der Waals surface area contributed by atoms with E-state index >= 15 is 0 Å². The highest BCUT2D eigenvalue weighted by molar-refractivity contribution is 7.46. The van der Waals surface area contributed by atoms with E-state index in [4.69, 9.17) is 19.3 Å². The maximum Gasteiger partial charge on any atom is 0.469 e. The van der Waals surface area contributed by atoms with Crippen molar-refractivity contribution in [3.05, 3.63) is 109 Å². The van der Waals surface area contributed by atoms with Crippen LogP contribution in [0.2, 0.25) is 0 Å². The average molecular weight is 757 g/mol. The second-order valence-electron chi connectivity index (χ2n) is 12.2. The van der Waals surface area contributed by atoms with Crippen molar-refractivity contribution >= 4 is 25.5 Å². The molecule has 0 fully saturated rings. The van der Waals surface area contributed by atoms with E-state index in [1.165, 1.54) is 25.3 Å². The first-order valence-electron chi connectivity index (χ1n) is 19.1. The van der Waals surface area contributed by atoms with E-state index in [0.29, 0.717) is 12.8 Å². The lowest BCUT2D eigenvalue weighted by molar-refractivity contribution is -0.161. The molecule has 9 nitrogen and oxygen atoms in total. The maximum absolute atomic E-state index is 12.4. The number of unbranched alkanes of at least 4 members (excludes halogenated alkanes) is 4. The Morgan fingerprint density at radius 3 is 1.62 bits per heavy atom. The molecule has 0 heterocycles. The van der Waals surface area contributed by atoms with Gasteiger partial charge in [0.15, 0.2) is 11.9 Å². The molecular formula is C43H65O9P. The number of hydrogen-bond acceptors (Lipinski definition) is 7. The first-order chi connectivity index (χ1) is 25.7. The number of phosphoric acid groups is 1. The highest BCUT2D eigenvalue weighted by Gasteiger charge is 2.23. The quantitative estimate of drug-likeness (QED) is 0.0167. The first kappa shape index (κ1) is 49.4. The van der Waals surface area contributed by atoms with Crippen LogP contribution in [0.4, 0.5) is 0 Å². The highest BCUT2D eigenvalue weighted by Crippen LogP contribution is 2.35. The smallest absolute Gasteiger partial charge is 0.462 e. The molecule has 2 N–H and O–H groups in total. The number of ether oxygens (including phenoxy) is 2. The SMILES string of the molecule is CC/C=C\C/C=C\C/C=C\C/C=C\C/C=C\CCCC(=O)OC[C@H](COP(=O)(O)O)OC(=O)CCCC(=O)/C=C/C=C\C/C=C\C/C=C\CCCCC. The fourth-order valence-electron chi connectivity index (χ4n) is 4.42. The Kier molecular flexibility index (Phi) is 34.2. The molecule has 10 heteroatoms. The molecule has 0 aliphatic heterocycles. The van der Waals surface area contributed by atoms with Gasteiger partial charge in [-0.3, -0.25) is 18.9 Å². The summed E-state index contributed by atoms with van der Waals surface area (Å²) in [6.07, 6.45) is 48.2. The number of rotatable bonds is 33. The summed E-state index contributed by atoms with van der Waals surface area (Å²) in [7, 11) is -4.84. The lowest BCUT2D eigenvalue weighted by Crippen LogP contribution is -2.29. The van der Waals surface area contributed by atoms with Gasteiger partial charge in [0, 0.05) is 19.3 Å². The molecule has 0 radical (unpaired) electrons. The summed E-state index contributed by atoms with van der Waals surface area (Å²) in [5.41, 5.74) is 0. The standard InChI is InChI=1S/C43H65O9P/c1-3-5-7-9-11-13-15-17-18-19-20-22-24-26-28-30-32-36-42(45)50-38-41(39-51-53(47,48)49)52-43(46)37-33-35-40(44)34-31-29-27-25-23-21-16-14-12-10-8-6-4-2/h5,7,11-14,17-18,20-23,26-29,31,34,41H,3-4,6,8-10,15-16,19,24-25,30,32-33,35-39H2,1-2H3,(H2,47,48,49)/b7-5-,13-11-,14-12-,18-17-,22-20-,23-21-,28-26-,29-27-,34-31+/t41-/m1/s1. The van der Waals surface area contributed by atoms with Gasteiger partial charge in [0.05, 0.1) is 6.61 Å².